The van der Waals surface area contributed by atoms with E-state index in [9.17, 15) is 0 Å². The molecule has 21 heavy (non-hydrogen) atoms. The van der Waals surface area contributed by atoms with Gasteiger partial charge in [0.05, 0.1) is 0 Å². The van der Waals surface area contributed by atoms with Crippen LogP contribution in [0.4, 0.5) is 0 Å². The van der Waals surface area contributed by atoms with Crippen LogP contribution in [0.25, 0.3) is 10.1 Å². The zero-order valence-corrected chi connectivity index (χ0v) is 13.6. The van der Waals surface area contributed by atoms with Crippen molar-refractivity contribution in [3.63, 3.8) is 0 Å². The molecule has 1 aromatic heterocycles. The summed E-state index contributed by atoms with van der Waals surface area (Å²) in [6.07, 6.45) is 4.73. The van der Waals surface area contributed by atoms with Crippen LogP contribution < -0.4 is 5.32 Å². The Balaban J connectivity index is 1.91. The smallest absolute Gasteiger partial charge is 0.0349 e. The van der Waals surface area contributed by atoms with Gasteiger partial charge in [0, 0.05) is 35.3 Å². The average Bonchev–Trinajstić information content (AvgIpc) is 3.29. The number of hydrogen-bond donors (Lipinski definition) is 1. The Morgan fingerprint density at radius 2 is 2.19 bits per heavy atom. The van der Waals surface area contributed by atoms with Gasteiger partial charge in [-0.25, -0.2) is 0 Å². The highest BCUT2D eigenvalue weighted by Gasteiger charge is 2.29. The molecule has 3 heteroatoms. The summed E-state index contributed by atoms with van der Waals surface area (Å²) < 4.78 is 1.41. The van der Waals surface area contributed by atoms with Crippen LogP contribution in [0, 0.1) is 0 Å². The summed E-state index contributed by atoms with van der Waals surface area (Å²) >= 11 is 1.94. The largest absolute Gasteiger partial charge is 0.312 e. The fraction of sp³-hybridized carbons (Fsp3) is 0.444. The molecule has 1 heterocycles. The van der Waals surface area contributed by atoms with Crippen LogP contribution in [0.1, 0.15) is 30.2 Å². The first-order valence-corrected chi connectivity index (χ1v) is 8.70. The molecular formula is C18H24N2S. The number of fused-ring (bicyclic) bond motifs is 1. The predicted molar refractivity (Wildman–Crippen MR) is 92.8 cm³/mol. The highest BCUT2D eigenvalue weighted by molar-refractivity contribution is 7.19. The summed E-state index contributed by atoms with van der Waals surface area (Å²) in [5.41, 5.74) is 1.52. The lowest BCUT2D eigenvalue weighted by Crippen LogP contribution is -2.26. The van der Waals surface area contributed by atoms with E-state index in [1.54, 1.807) is 0 Å². The van der Waals surface area contributed by atoms with E-state index in [4.69, 9.17) is 0 Å². The maximum absolute atomic E-state index is 3.92. The molecule has 0 bridgehead atoms. The third kappa shape index (κ3) is 3.37. The Hall–Kier alpha value is -1.16. The Morgan fingerprint density at radius 1 is 1.38 bits per heavy atom. The average molecular weight is 300 g/mol. The van der Waals surface area contributed by atoms with Gasteiger partial charge < -0.3 is 5.32 Å². The lowest BCUT2D eigenvalue weighted by atomic mass is 10.1. The second-order valence-corrected chi connectivity index (χ2v) is 6.87. The molecule has 3 rings (SSSR count). The Kier molecular flexibility index (Phi) is 4.73. The summed E-state index contributed by atoms with van der Waals surface area (Å²) in [5.74, 6) is 0. The van der Waals surface area contributed by atoms with Crippen molar-refractivity contribution in [1.29, 1.82) is 0 Å². The first-order chi connectivity index (χ1) is 10.3. The highest BCUT2D eigenvalue weighted by atomic mass is 32.1. The van der Waals surface area contributed by atoms with E-state index in [2.05, 4.69) is 48.0 Å². The molecule has 0 spiro atoms. The fourth-order valence-electron chi connectivity index (χ4n) is 2.86. The monoisotopic (exact) mass is 300 g/mol. The minimum Gasteiger partial charge on any atom is -0.312 e. The highest BCUT2D eigenvalue weighted by Crippen LogP contribution is 2.35. The van der Waals surface area contributed by atoms with Gasteiger partial charge in [0.1, 0.15) is 0 Å². The van der Waals surface area contributed by atoms with Crippen LogP contribution >= 0.6 is 11.3 Å². The standard InChI is InChI=1S/C18H24N2S/c1-3-11-20(14-9-10-14)13-16-15-7-5-6-8-17(15)21-18(16)12-19-4-2/h3,5-8,14,19H,1,4,9-13H2,2H3. The van der Waals surface area contributed by atoms with Crippen molar-refractivity contribution in [3.05, 3.63) is 47.4 Å². The van der Waals surface area contributed by atoms with Crippen molar-refractivity contribution in [3.8, 4) is 0 Å². The van der Waals surface area contributed by atoms with Crippen LogP contribution in [0.2, 0.25) is 0 Å². The number of nitrogens with zero attached hydrogens (tertiary/aromatic N) is 1. The summed E-state index contributed by atoms with van der Waals surface area (Å²) in [4.78, 5) is 4.07. The van der Waals surface area contributed by atoms with Gasteiger partial charge in [0.2, 0.25) is 0 Å². The van der Waals surface area contributed by atoms with Crippen molar-refractivity contribution >= 4 is 21.4 Å². The van der Waals surface area contributed by atoms with Gasteiger partial charge in [-0.15, -0.1) is 17.9 Å². The van der Waals surface area contributed by atoms with E-state index in [-0.39, 0.29) is 0 Å². The molecule has 0 aliphatic heterocycles. The molecule has 1 aliphatic rings. The van der Waals surface area contributed by atoms with Crippen LogP contribution in [0.3, 0.4) is 0 Å². The van der Waals surface area contributed by atoms with E-state index < -0.39 is 0 Å². The second kappa shape index (κ2) is 6.73. The molecule has 1 saturated carbocycles. The molecule has 0 saturated heterocycles. The van der Waals surface area contributed by atoms with E-state index >= 15 is 0 Å². The summed E-state index contributed by atoms with van der Waals surface area (Å²) in [5, 5.41) is 4.92. The number of thiophene rings is 1. The summed E-state index contributed by atoms with van der Waals surface area (Å²) in [6.45, 7) is 10.1. The quantitative estimate of drug-likeness (QED) is 0.736. The van der Waals surface area contributed by atoms with Crippen LogP contribution in [-0.2, 0) is 13.1 Å². The minimum atomic E-state index is 0.772. The van der Waals surface area contributed by atoms with Gasteiger partial charge in [0.15, 0.2) is 0 Å². The van der Waals surface area contributed by atoms with Gasteiger partial charge in [-0.2, -0.15) is 0 Å². The van der Waals surface area contributed by atoms with Gasteiger partial charge in [-0.05, 0) is 36.4 Å². The van der Waals surface area contributed by atoms with Crippen molar-refractivity contribution in [2.45, 2.75) is 38.9 Å². The molecular weight excluding hydrogens is 276 g/mol. The number of rotatable bonds is 8. The molecule has 0 atom stereocenters. The summed E-state index contributed by atoms with van der Waals surface area (Å²) in [6, 6.07) is 9.59. The Labute approximate surface area is 131 Å². The van der Waals surface area contributed by atoms with Crippen molar-refractivity contribution in [2.75, 3.05) is 13.1 Å². The number of nitrogens with one attached hydrogen (secondary N) is 1. The van der Waals surface area contributed by atoms with Gasteiger partial charge >= 0.3 is 0 Å². The predicted octanol–water partition coefficient (Wildman–Crippen LogP) is 4.16. The van der Waals surface area contributed by atoms with Crippen LogP contribution in [-0.4, -0.2) is 24.0 Å². The molecule has 1 N–H and O–H groups in total. The van der Waals surface area contributed by atoms with Gasteiger partial charge in [-0.1, -0.05) is 31.2 Å². The first-order valence-electron chi connectivity index (χ1n) is 7.88. The normalized spacial score (nSPS) is 15.0. The lowest BCUT2D eigenvalue weighted by Gasteiger charge is -2.21. The van der Waals surface area contributed by atoms with Gasteiger partial charge in [0.25, 0.3) is 0 Å². The minimum absolute atomic E-state index is 0.772. The Bertz CT molecular complexity index is 613. The zero-order chi connectivity index (χ0) is 14.7. The SMILES string of the molecule is C=CCN(Cc1c(CNCC)sc2ccccc12)C1CC1. The lowest BCUT2D eigenvalue weighted by molar-refractivity contribution is 0.284. The molecule has 112 valence electrons. The van der Waals surface area contributed by atoms with Crippen LogP contribution in [0.15, 0.2) is 36.9 Å². The molecule has 1 fully saturated rings. The molecule has 0 unspecified atom stereocenters. The van der Waals surface area contributed by atoms with E-state index in [0.717, 1.165) is 32.2 Å². The topological polar surface area (TPSA) is 15.3 Å². The molecule has 0 amide bonds. The molecule has 2 aromatic rings. The van der Waals surface area contributed by atoms with Crippen molar-refractivity contribution in [2.24, 2.45) is 0 Å². The van der Waals surface area contributed by atoms with E-state index in [1.807, 2.05) is 17.4 Å². The van der Waals surface area contributed by atoms with Gasteiger partial charge in [-0.3, -0.25) is 4.90 Å². The first kappa shape index (κ1) is 14.8. The Morgan fingerprint density at radius 3 is 2.90 bits per heavy atom. The molecule has 2 nitrogen and oxygen atoms in total. The van der Waals surface area contributed by atoms with E-state index in [0.29, 0.717) is 0 Å². The van der Waals surface area contributed by atoms with E-state index in [1.165, 1.54) is 33.4 Å². The second-order valence-electron chi connectivity index (χ2n) is 5.73. The molecule has 0 radical (unpaired) electrons. The van der Waals surface area contributed by atoms with Crippen molar-refractivity contribution < 1.29 is 0 Å². The maximum atomic E-state index is 3.92. The fourth-order valence-corrected chi connectivity index (χ4v) is 4.04. The summed E-state index contributed by atoms with van der Waals surface area (Å²) in [7, 11) is 0. The van der Waals surface area contributed by atoms with Crippen LogP contribution in [0.5, 0.6) is 0 Å². The molecule has 1 aliphatic carbocycles. The number of benzene rings is 1. The number of hydrogen-bond acceptors (Lipinski definition) is 3. The molecule has 1 aromatic carbocycles. The zero-order valence-electron chi connectivity index (χ0n) is 12.8. The third-order valence-corrected chi connectivity index (χ3v) is 5.32. The van der Waals surface area contributed by atoms with Crippen molar-refractivity contribution in [1.82, 2.24) is 10.2 Å². The third-order valence-electron chi connectivity index (χ3n) is 4.11. The maximum Gasteiger partial charge on any atom is 0.0349 e.